The fourth-order valence-corrected chi connectivity index (χ4v) is 2.39. The molecule has 6 heteroatoms. The number of rotatable bonds is 4. The highest BCUT2D eigenvalue weighted by atomic mass is 32.2. The van der Waals surface area contributed by atoms with Crippen molar-refractivity contribution in [2.24, 2.45) is 0 Å². The van der Waals surface area contributed by atoms with E-state index in [4.69, 9.17) is 4.74 Å². The summed E-state index contributed by atoms with van der Waals surface area (Å²) in [6, 6.07) is 9.93. The highest BCUT2D eigenvalue weighted by molar-refractivity contribution is 7.98. The third-order valence-electron chi connectivity index (χ3n) is 3.00. The molecule has 0 aliphatic carbocycles. The van der Waals surface area contributed by atoms with E-state index in [2.05, 4.69) is 21.3 Å². The van der Waals surface area contributed by atoms with Crippen LogP contribution >= 0.6 is 11.8 Å². The molecule has 2 heterocycles. The first-order valence-electron chi connectivity index (χ1n) is 6.23. The number of benzene rings is 1. The Hall–Kier alpha value is -2.08. The number of nitrogens with zero attached hydrogens (tertiary/aromatic N) is 4. The standard InChI is InChI=1S/C14H14N4OS/c1-10(19-11-3-5-12(20-2)6-4-11)13-7-8-15-14-16-9-17-18(13)14/h3-10H,1-2H3. The summed E-state index contributed by atoms with van der Waals surface area (Å²) in [7, 11) is 0. The van der Waals surface area contributed by atoms with E-state index >= 15 is 0 Å². The summed E-state index contributed by atoms with van der Waals surface area (Å²) in [5.74, 6) is 1.41. The molecule has 3 aromatic rings. The number of hydrogen-bond acceptors (Lipinski definition) is 5. The topological polar surface area (TPSA) is 52.3 Å². The van der Waals surface area contributed by atoms with E-state index in [1.165, 1.54) is 11.2 Å². The summed E-state index contributed by atoms with van der Waals surface area (Å²) in [6.45, 7) is 1.99. The van der Waals surface area contributed by atoms with Crippen LogP contribution in [0, 0.1) is 0 Å². The van der Waals surface area contributed by atoms with Gasteiger partial charge in [-0.15, -0.1) is 11.8 Å². The Morgan fingerprint density at radius 2 is 1.95 bits per heavy atom. The molecule has 1 aromatic carbocycles. The van der Waals surface area contributed by atoms with Crippen LogP contribution in [0.1, 0.15) is 18.7 Å². The Bertz CT molecular complexity index is 711. The first-order chi connectivity index (χ1) is 9.78. The van der Waals surface area contributed by atoms with Gasteiger partial charge in [0.2, 0.25) is 0 Å². The quantitative estimate of drug-likeness (QED) is 0.690. The number of hydrogen-bond donors (Lipinski definition) is 0. The zero-order valence-corrected chi connectivity index (χ0v) is 12.0. The third kappa shape index (κ3) is 2.46. The van der Waals surface area contributed by atoms with Crippen molar-refractivity contribution in [1.82, 2.24) is 19.6 Å². The fourth-order valence-electron chi connectivity index (χ4n) is 1.98. The lowest BCUT2D eigenvalue weighted by molar-refractivity contribution is 0.218. The van der Waals surface area contributed by atoms with Gasteiger partial charge in [0.1, 0.15) is 18.2 Å². The van der Waals surface area contributed by atoms with Crippen molar-refractivity contribution in [1.29, 1.82) is 0 Å². The molecular weight excluding hydrogens is 272 g/mol. The molecule has 0 bridgehead atoms. The molecule has 2 aromatic heterocycles. The summed E-state index contributed by atoms with van der Waals surface area (Å²) in [5.41, 5.74) is 0.918. The lowest BCUT2D eigenvalue weighted by Crippen LogP contribution is -2.09. The van der Waals surface area contributed by atoms with Crippen molar-refractivity contribution >= 4 is 17.5 Å². The molecule has 5 nitrogen and oxygen atoms in total. The van der Waals surface area contributed by atoms with Gasteiger partial charge >= 0.3 is 0 Å². The molecule has 102 valence electrons. The number of ether oxygens (including phenoxy) is 1. The van der Waals surface area contributed by atoms with Gasteiger partial charge in [-0.25, -0.2) is 4.98 Å². The SMILES string of the molecule is CSc1ccc(OC(C)c2ccnc3ncnn23)cc1. The second-order valence-electron chi connectivity index (χ2n) is 4.28. The van der Waals surface area contributed by atoms with Gasteiger partial charge in [-0.2, -0.15) is 14.6 Å². The monoisotopic (exact) mass is 286 g/mol. The van der Waals surface area contributed by atoms with E-state index in [1.807, 2.05) is 37.3 Å². The first kappa shape index (κ1) is 12.9. The van der Waals surface area contributed by atoms with Crippen molar-refractivity contribution in [3.63, 3.8) is 0 Å². The molecule has 0 saturated heterocycles. The van der Waals surface area contributed by atoms with Gasteiger partial charge < -0.3 is 4.74 Å². The van der Waals surface area contributed by atoms with Crippen LogP contribution in [0.3, 0.4) is 0 Å². The van der Waals surface area contributed by atoms with E-state index in [1.54, 1.807) is 22.5 Å². The van der Waals surface area contributed by atoms with Crippen LogP contribution < -0.4 is 4.74 Å². The van der Waals surface area contributed by atoms with Crippen LogP contribution in [0.25, 0.3) is 5.78 Å². The molecule has 1 atom stereocenters. The normalized spacial score (nSPS) is 12.5. The molecule has 20 heavy (non-hydrogen) atoms. The average Bonchev–Trinajstić information content (AvgIpc) is 2.96. The van der Waals surface area contributed by atoms with Crippen LogP contribution in [0.4, 0.5) is 0 Å². The van der Waals surface area contributed by atoms with Gasteiger partial charge in [0.25, 0.3) is 5.78 Å². The van der Waals surface area contributed by atoms with E-state index in [0.717, 1.165) is 11.4 Å². The minimum Gasteiger partial charge on any atom is -0.484 e. The molecule has 0 spiro atoms. The van der Waals surface area contributed by atoms with Crippen LogP contribution in [0.15, 0.2) is 47.8 Å². The highest BCUT2D eigenvalue weighted by Gasteiger charge is 2.12. The summed E-state index contributed by atoms with van der Waals surface area (Å²) in [6.07, 6.45) is 5.13. The first-order valence-corrected chi connectivity index (χ1v) is 7.46. The zero-order chi connectivity index (χ0) is 13.9. The van der Waals surface area contributed by atoms with E-state index < -0.39 is 0 Å². The summed E-state index contributed by atoms with van der Waals surface area (Å²) in [5, 5.41) is 4.17. The van der Waals surface area contributed by atoms with E-state index in [0.29, 0.717) is 5.78 Å². The maximum Gasteiger partial charge on any atom is 0.252 e. The van der Waals surface area contributed by atoms with Gasteiger partial charge in [0.15, 0.2) is 0 Å². The smallest absolute Gasteiger partial charge is 0.252 e. The van der Waals surface area contributed by atoms with Crippen molar-refractivity contribution in [3.8, 4) is 5.75 Å². The fraction of sp³-hybridized carbons (Fsp3) is 0.214. The minimum absolute atomic E-state index is 0.137. The molecule has 3 rings (SSSR count). The molecule has 1 unspecified atom stereocenters. The maximum atomic E-state index is 5.95. The number of aromatic nitrogens is 4. The Labute approximate surface area is 121 Å². The molecule has 0 aliphatic heterocycles. The molecular formula is C14H14N4OS. The zero-order valence-electron chi connectivity index (χ0n) is 11.2. The van der Waals surface area contributed by atoms with Gasteiger partial charge in [0, 0.05) is 11.1 Å². The third-order valence-corrected chi connectivity index (χ3v) is 3.74. The van der Waals surface area contributed by atoms with Crippen LogP contribution in [0.2, 0.25) is 0 Å². The van der Waals surface area contributed by atoms with Gasteiger partial charge in [-0.3, -0.25) is 0 Å². The van der Waals surface area contributed by atoms with Gasteiger partial charge in [-0.05, 0) is 43.5 Å². The predicted octanol–water partition coefficient (Wildman–Crippen LogP) is 2.99. The molecule has 0 aliphatic rings. The average molecular weight is 286 g/mol. The predicted molar refractivity (Wildman–Crippen MR) is 78.0 cm³/mol. The van der Waals surface area contributed by atoms with E-state index in [-0.39, 0.29) is 6.10 Å². The van der Waals surface area contributed by atoms with Crippen LogP contribution in [0.5, 0.6) is 5.75 Å². The minimum atomic E-state index is -0.137. The molecule has 0 fully saturated rings. The van der Waals surface area contributed by atoms with Gasteiger partial charge in [0.05, 0.1) is 5.69 Å². The Morgan fingerprint density at radius 1 is 1.15 bits per heavy atom. The van der Waals surface area contributed by atoms with Crippen molar-refractivity contribution < 1.29 is 4.74 Å². The van der Waals surface area contributed by atoms with Crippen molar-refractivity contribution in [2.75, 3.05) is 6.26 Å². The molecule has 0 saturated carbocycles. The largest absolute Gasteiger partial charge is 0.484 e. The highest BCUT2D eigenvalue weighted by Crippen LogP contribution is 2.24. The summed E-state index contributed by atoms with van der Waals surface area (Å²) in [4.78, 5) is 9.43. The lowest BCUT2D eigenvalue weighted by Gasteiger charge is -2.15. The lowest BCUT2D eigenvalue weighted by atomic mass is 10.2. The van der Waals surface area contributed by atoms with Crippen LogP contribution in [-0.4, -0.2) is 25.8 Å². The summed E-state index contributed by atoms with van der Waals surface area (Å²) >= 11 is 1.71. The van der Waals surface area contributed by atoms with E-state index in [9.17, 15) is 0 Å². The van der Waals surface area contributed by atoms with Crippen LogP contribution in [-0.2, 0) is 0 Å². The Kier molecular flexibility index (Phi) is 3.56. The second-order valence-corrected chi connectivity index (χ2v) is 5.16. The summed E-state index contributed by atoms with van der Waals surface area (Å²) < 4.78 is 7.65. The molecule has 0 amide bonds. The van der Waals surface area contributed by atoms with Crippen molar-refractivity contribution in [3.05, 3.63) is 48.5 Å². The van der Waals surface area contributed by atoms with Gasteiger partial charge in [-0.1, -0.05) is 0 Å². The number of fused-ring (bicyclic) bond motifs is 1. The van der Waals surface area contributed by atoms with Crippen molar-refractivity contribution in [2.45, 2.75) is 17.9 Å². The Balaban J connectivity index is 1.84. The second kappa shape index (κ2) is 5.50. The Morgan fingerprint density at radius 3 is 2.70 bits per heavy atom. The maximum absolute atomic E-state index is 5.95. The molecule has 0 radical (unpaired) electrons. The number of thioether (sulfide) groups is 1. The molecule has 0 N–H and O–H groups in total.